The van der Waals surface area contributed by atoms with Crippen LogP contribution < -0.4 is 4.74 Å². The summed E-state index contributed by atoms with van der Waals surface area (Å²) in [4.78, 5) is 16.6. The number of ether oxygens (including phenoxy) is 1. The number of hydrogen-bond donors (Lipinski definition) is 0. The maximum atomic E-state index is 13.1. The van der Waals surface area contributed by atoms with Crippen molar-refractivity contribution in [2.45, 2.75) is 24.2 Å². The lowest BCUT2D eigenvalue weighted by molar-refractivity contribution is -0.127. The lowest BCUT2D eigenvalue weighted by Gasteiger charge is -2.31. The molecule has 0 aliphatic carbocycles. The summed E-state index contributed by atoms with van der Waals surface area (Å²) in [5.41, 5.74) is 0.666. The number of benzene rings is 1. The maximum Gasteiger partial charge on any atom is 0.246 e. The fraction of sp³-hybridized carbons (Fsp3) is 0.550. The molecule has 3 rings (SSSR count). The molecule has 2 fully saturated rings. The molecule has 1 aromatic rings. The number of amides is 1. The van der Waals surface area contributed by atoms with E-state index in [1.54, 1.807) is 24.3 Å². The first-order valence-corrected chi connectivity index (χ1v) is 11.2. The minimum atomic E-state index is -3.62. The fourth-order valence-corrected chi connectivity index (χ4v) is 5.25. The number of hydrogen-bond acceptors (Lipinski definition) is 5. The van der Waals surface area contributed by atoms with Gasteiger partial charge in [0.15, 0.2) is 0 Å². The van der Waals surface area contributed by atoms with Gasteiger partial charge in [-0.1, -0.05) is 12.5 Å². The molecule has 0 unspecified atom stereocenters. The third-order valence-corrected chi connectivity index (χ3v) is 7.27. The zero-order valence-electron chi connectivity index (χ0n) is 16.6. The van der Waals surface area contributed by atoms with Crippen molar-refractivity contribution < 1.29 is 17.9 Å². The highest BCUT2D eigenvalue weighted by molar-refractivity contribution is 7.89. The van der Waals surface area contributed by atoms with Crippen LogP contribution in [0.1, 0.15) is 24.8 Å². The fourth-order valence-electron chi connectivity index (χ4n) is 3.54. The number of likely N-dealkylation sites (N-methyl/N-ethyl adjacent to an activating group) is 1. The molecule has 2 saturated heterocycles. The lowest BCUT2D eigenvalue weighted by Crippen LogP contribution is -2.46. The van der Waals surface area contributed by atoms with Crippen molar-refractivity contribution in [2.24, 2.45) is 0 Å². The van der Waals surface area contributed by atoms with Crippen molar-refractivity contribution >= 4 is 22.0 Å². The van der Waals surface area contributed by atoms with Crippen molar-refractivity contribution in [3.8, 4) is 5.75 Å². The average molecular weight is 408 g/mol. The van der Waals surface area contributed by atoms with Gasteiger partial charge in [-0.15, -0.1) is 0 Å². The smallest absolute Gasteiger partial charge is 0.246 e. The average Bonchev–Trinajstić information content (AvgIpc) is 2.73. The summed E-state index contributed by atoms with van der Waals surface area (Å²) in [7, 11) is -0.109. The molecule has 2 aliphatic rings. The van der Waals surface area contributed by atoms with E-state index in [9.17, 15) is 13.2 Å². The van der Waals surface area contributed by atoms with E-state index in [0.29, 0.717) is 37.5 Å². The van der Waals surface area contributed by atoms with E-state index < -0.39 is 10.0 Å². The van der Waals surface area contributed by atoms with Crippen LogP contribution in [0.4, 0.5) is 0 Å². The Morgan fingerprint density at radius 3 is 2.36 bits per heavy atom. The quantitative estimate of drug-likeness (QED) is 0.695. The molecular weight excluding hydrogens is 378 g/mol. The second-order valence-corrected chi connectivity index (χ2v) is 9.24. The number of carbonyl (C=O) groups is 1. The largest absolute Gasteiger partial charge is 0.495 e. The van der Waals surface area contributed by atoms with E-state index >= 15 is 0 Å². The Kier molecular flexibility index (Phi) is 6.74. The third kappa shape index (κ3) is 4.74. The summed E-state index contributed by atoms with van der Waals surface area (Å²) in [5, 5.41) is 0. The van der Waals surface area contributed by atoms with Gasteiger partial charge in [0.1, 0.15) is 10.6 Å². The van der Waals surface area contributed by atoms with Crippen molar-refractivity contribution in [3.05, 3.63) is 29.8 Å². The minimum absolute atomic E-state index is 0.0515. The highest BCUT2D eigenvalue weighted by atomic mass is 32.2. The first kappa shape index (κ1) is 20.8. The van der Waals surface area contributed by atoms with Gasteiger partial charge in [-0.05, 0) is 43.7 Å². The summed E-state index contributed by atoms with van der Waals surface area (Å²) in [5.74, 6) is 0.275. The number of carbonyl (C=O) groups excluding carboxylic acids is 1. The van der Waals surface area contributed by atoms with E-state index in [-0.39, 0.29) is 10.8 Å². The molecule has 1 aromatic carbocycles. The molecular formula is C20H29N3O4S. The SMILES string of the molecule is COc1ccc(C=CC(=O)N2CCN(C)CC2)cc1S(=O)(=O)N1CCCCC1. The van der Waals surface area contributed by atoms with Gasteiger partial charge in [0.25, 0.3) is 0 Å². The van der Waals surface area contributed by atoms with Gasteiger partial charge in [0, 0.05) is 45.3 Å². The normalized spacial score (nSPS) is 19.9. The third-order valence-electron chi connectivity index (χ3n) is 5.35. The van der Waals surface area contributed by atoms with E-state index in [0.717, 1.165) is 32.4 Å². The Balaban J connectivity index is 1.79. The van der Waals surface area contributed by atoms with Crippen LogP contribution in [0.15, 0.2) is 29.2 Å². The topological polar surface area (TPSA) is 70.2 Å². The number of piperidine rings is 1. The predicted octanol–water partition coefficient (Wildman–Crippen LogP) is 1.66. The molecule has 0 spiro atoms. The summed E-state index contributed by atoms with van der Waals surface area (Å²) in [6, 6.07) is 5.01. The van der Waals surface area contributed by atoms with Crippen LogP contribution in [0.5, 0.6) is 5.75 Å². The second kappa shape index (κ2) is 9.07. The molecule has 28 heavy (non-hydrogen) atoms. The first-order valence-electron chi connectivity index (χ1n) is 9.75. The summed E-state index contributed by atoms with van der Waals surface area (Å²) in [6.07, 6.45) is 6.00. The van der Waals surface area contributed by atoms with Gasteiger partial charge in [-0.25, -0.2) is 8.42 Å². The van der Waals surface area contributed by atoms with Crippen LogP contribution in [0.25, 0.3) is 6.08 Å². The standard InChI is InChI=1S/C20H29N3O4S/c1-21-12-14-22(15-13-21)20(24)9-7-17-6-8-18(27-2)19(16-17)28(25,26)23-10-4-3-5-11-23/h6-9,16H,3-5,10-15H2,1-2H3. The zero-order valence-corrected chi connectivity index (χ0v) is 17.5. The molecule has 0 N–H and O–H groups in total. The van der Waals surface area contributed by atoms with E-state index in [1.165, 1.54) is 17.5 Å². The van der Waals surface area contributed by atoms with Crippen LogP contribution in [-0.4, -0.2) is 81.9 Å². The molecule has 0 atom stereocenters. The molecule has 1 amide bonds. The van der Waals surface area contributed by atoms with Crippen LogP contribution in [0, 0.1) is 0 Å². The van der Waals surface area contributed by atoms with Crippen LogP contribution in [0.3, 0.4) is 0 Å². The number of nitrogens with zero attached hydrogens (tertiary/aromatic N) is 3. The Morgan fingerprint density at radius 1 is 1.04 bits per heavy atom. The van der Waals surface area contributed by atoms with E-state index in [2.05, 4.69) is 4.90 Å². The highest BCUT2D eigenvalue weighted by Gasteiger charge is 2.29. The maximum absolute atomic E-state index is 13.1. The van der Waals surface area contributed by atoms with Gasteiger partial charge >= 0.3 is 0 Å². The van der Waals surface area contributed by atoms with Crippen molar-refractivity contribution in [3.63, 3.8) is 0 Å². The van der Waals surface area contributed by atoms with Crippen LogP contribution >= 0.6 is 0 Å². The van der Waals surface area contributed by atoms with Crippen molar-refractivity contribution in [2.75, 3.05) is 53.4 Å². The monoisotopic (exact) mass is 407 g/mol. The van der Waals surface area contributed by atoms with Crippen LogP contribution in [-0.2, 0) is 14.8 Å². The van der Waals surface area contributed by atoms with Gasteiger partial charge in [0.05, 0.1) is 7.11 Å². The molecule has 0 bridgehead atoms. The molecule has 154 valence electrons. The molecule has 2 heterocycles. The van der Waals surface area contributed by atoms with Crippen LogP contribution in [0.2, 0.25) is 0 Å². The Morgan fingerprint density at radius 2 is 1.71 bits per heavy atom. The molecule has 0 radical (unpaired) electrons. The van der Waals surface area contributed by atoms with E-state index in [4.69, 9.17) is 4.74 Å². The number of rotatable bonds is 5. The first-order chi connectivity index (χ1) is 13.4. The number of sulfonamides is 1. The molecule has 2 aliphatic heterocycles. The predicted molar refractivity (Wildman–Crippen MR) is 109 cm³/mol. The highest BCUT2D eigenvalue weighted by Crippen LogP contribution is 2.30. The van der Waals surface area contributed by atoms with E-state index in [1.807, 2.05) is 11.9 Å². The Labute approximate surface area is 167 Å². The van der Waals surface area contributed by atoms with Gasteiger partial charge in [-0.2, -0.15) is 4.31 Å². The lowest BCUT2D eigenvalue weighted by atomic mass is 10.2. The minimum Gasteiger partial charge on any atom is -0.495 e. The van der Waals surface area contributed by atoms with Crippen molar-refractivity contribution in [1.29, 1.82) is 0 Å². The second-order valence-electron chi connectivity index (χ2n) is 7.34. The van der Waals surface area contributed by atoms with Crippen molar-refractivity contribution in [1.82, 2.24) is 14.1 Å². The summed E-state index contributed by atoms with van der Waals surface area (Å²) in [6.45, 7) is 4.20. The number of methoxy groups -OCH3 is 1. The van der Waals surface area contributed by atoms with Gasteiger partial charge in [-0.3, -0.25) is 4.79 Å². The molecule has 7 nitrogen and oxygen atoms in total. The summed E-state index contributed by atoms with van der Waals surface area (Å²) >= 11 is 0. The Bertz CT molecular complexity index is 824. The molecule has 0 saturated carbocycles. The zero-order chi connectivity index (χ0) is 20.1. The molecule has 0 aromatic heterocycles. The van der Waals surface area contributed by atoms with Gasteiger partial charge in [0.2, 0.25) is 15.9 Å². The Hall–Kier alpha value is -1.90. The number of piperazine rings is 1. The molecule has 8 heteroatoms. The van der Waals surface area contributed by atoms with Gasteiger partial charge < -0.3 is 14.5 Å². The summed E-state index contributed by atoms with van der Waals surface area (Å²) < 4.78 is 33.0.